The van der Waals surface area contributed by atoms with Crippen LogP contribution in [0.4, 0.5) is 0 Å². The van der Waals surface area contributed by atoms with Gasteiger partial charge in [0.05, 0.1) is 6.20 Å². The van der Waals surface area contributed by atoms with E-state index in [2.05, 4.69) is 14.7 Å². The number of para-hydroxylation sites is 1. The van der Waals surface area contributed by atoms with Gasteiger partial charge in [-0.05, 0) is 19.1 Å². The van der Waals surface area contributed by atoms with Crippen molar-refractivity contribution >= 4 is 10.0 Å². The second-order valence-electron chi connectivity index (χ2n) is 3.89. The van der Waals surface area contributed by atoms with Gasteiger partial charge in [-0.1, -0.05) is 18.2 Å². The average Bonchev–Trinajstić information content (AvgIpc) is 2.84. The number of aromatic amines is 1. The Bertz CT molecular complexity index is 623. The molecule has 6 nitrogen and oxygen atoms in total. The highest BCUT2D eigenvalue weighted by molar-refractivity contribution is 7.89. The van der Waals surface area contributed by atoms with Gasteiger partial charge in [0, 0.05) is 6.54 Å². The molecular formula is C12H15N3O3S. The van der Waals surface area contributed by atoms with E-state index in [1.807, 2.05) is 30.3 Å². The second-order valence-corrected chi connectivity index (χ2v) is 5.63. The fraction of sp³-hybridized carbons (Fsp3) is 0.250. The van der Waals surface area contributed by atoms with E-state index >= 15 is 0 Å². The summed E-state index contributed by atoms with van der Waals surface area (Å²) in [6.45, 7) is 2.14. The van der Waals surface area contributed by atoms with E-state index in [1.165, 1.54) is 6.20 Å². The quantitative estimate of drug-likeness (QED) is 0.776. The van der Waals surface area contributed by atoms with Gasteiger partial charge in [0.1, 0.15) is 18.2 Å². The van der Waals surface area contributed by atoms with E-state index in [9.17, 15) is 8.42 Å². The number of aryl methyl sites for hydroxylation is 1. The van der Waals surface area contributed by atoms with Crippen molar-refractivity contribution in [1.29, 1.82) is 0 Å². The van der Waals surface area contributed by atoms with Crippen molar-refractivity contribution in [2.75, 3.05) is 13.2 Å². The summed E-state index contributed by atoms with van der Waals surface area (Å²) in [5.74, 6) is 1.26. The molecule has 0 bridgehead atoms. The van der Waals surface area contributed by atoms with Crippen molar-refractivity contribution in [3.63, 3.8) is 0 Å². The van der Waals surface area contributed by atoms with Crippen LogP contribution in [0.5, 0.6) is 5.75 Å². The Morgan fingerprint density at radius 3 is 2.68 bits per heavy atom. The Labute approximate surface area is 111 Å². The van der Waals surface area contributed by atoms with E-state index in [0.29, 0.717) is 11.6 Å². The number of H-pyrrole nitrogens is 1. The highest BCUT2D eigenvalue weighted by Crippen LogP contribution is 2.08. The zero-order valence-electron chi connectivity index (χ0n) is 10.5. The predicted octanol–water partition coefficient (Wildman–Crippen LogP) is 1.08. The largest absolute Gasteiger partial charge is 0.492 e. The summed E-state index contributed by atoms with van der Waals surface area (Å²) in [5, 5.41) is 0.0599. The molecule has 1 aromatic heterocycles. The molecule has 2 rings (SSSR count). The van der Waals surface area contributed by atoms with Crippen molar-refractivity contribution < 1.29 is 13.2 Å². The van der Waals surface area contributed by atoms with Gasteiger partial charge >= 0.3 is 0 Å². The number of ether oxygens (including phenoxy) is 1. The summed E-state index contributed by atoms with van der Waals surface area (Å²) in [4.78, 5) is 6.53. The van der Waals surface area contributed by atoms with Crippen molar-refractivity contribution in [1.82, 2.24) is 14.7 Å². The number of nitrogens with one attached hydrogen (secondary N) is 2. The normalized spacial score (nSPS) is 11.4. The van der Waals surface area contributed by atoms with Gasteiger partial charge in [-0.2, -0.15) is 0 Å². The molecule has 0 saturated heterocycles. The number of hydrogen-bond acceptors (Lipinski definition) is 4. The summed E-state index contributed by atoms with van der Waals surface area (Å²) in [5.41, 5.74) is 0. The van der Waals surface area contributed by atoms with Crippen molar-refractivity contribution in [2.24, 2.45) is 0 Å². The minimum Gasteiger partial charge on any atom is -0.492 e. The van der Waals surface area contributed by atoms with Gasteiger partial charge in [0.25, 0.3) is 10.0 Å². The molecule has 0 aliphatic heterocycles. The number of nitrogens with zero attached hydrogens (tertiary/aromatic N) is 1. The van der Waals surface area contributed by atoms with Crippen LogP contribution in [-0.2, 0) is 10.0 Å². The van der Waals surface area contributed by atoms with E-state index in [4.69, 9.17) is 4.74 Å². The lowest BCUT2D eigenvalue weighted by atomic mass is 10.3. The molecule has 0 saturated carbocycles. The van der Waals surface area contributed by atoms with Crippen LogP contribution < -0.4 is 9.46 Å². The van der Waals surface area contributed by atoms with E-state index in [-0.39, 0.29) is 18.2 Å². The predicted molar refractivity (Wildman–Crippen MR) is 70.5 cm³/mol. The summed E-state index contributed by atoms with van der Waals surface area (Å²) >= 11 is 0. The third-order valence-corrected chi connectivity index (χ3v) is 3.75. The first-order valence-electron chi connectivity index (χ1n) is 5.77. The van der Waals surface area contributed by atoms with Crippen LogP contribution in [0.25, 0.3) is 0 Å². The maximum atomic E-state index is 11.8. The first kappa shape index (κ1) is 13.6. The first-order valence-corrected chi connectivity index (χ1v) is 7.25. The van der Waals surface area contributed by atoms with Crippen molar-refractivity contribution in [3.05, 3.63) is 42.4 Å². The Morgan fingerprint density at radius 1 is 1.32 bits per heavy atom. The fourth-order valence-electron chi connectivity index (χ4n) is 1.47. The molecular weight excluding hydrogens is 266 g/mol. The maximum Gasteiger partial charge on any atom is 0.257 e. The van der Waals surface area contributed by atoms with Crippen LogP contribution >= 0.6 is 0 Å². The number of hydrogen-bond donors (Lipinski definition) is 2. The van der Waals surface area contributed by atoms with Crippen LogP contribution in [0.3, 0.4) is 0 Å². The molecule has 0 atom stereocenters. The molecule has 7 heteroatoms. The Morgan fingerprint density at radius 2 is 2.05 bits per heavy atom. The van der Waals surface area contributed by atoms with Crippen LogP contribution in [0.2, 0.25) is 0 Å². The molecule has 2 aromatic rings. The highest BCUT2D eigenvalue weighted by atomic mass is 32.2. The third-order valence-electron chi connectivity index (χ3n) is 2.38. The summed E-state index contributed by atoms with van der Waals surface area (Å²) < 4.78 is 31.5. The number of sulfonamides is 1. The number of rotatable bonds is 6. The first-order chi connectivity index (χ1) is 9.08. The molecule has 0 unspecified atom stereocenters. The summed E-state index contributed by atoms with van der Waals surface area (Å²) in [7, 11) is -3.54. The highest BCUT2D eigenvalue weighted by Gasteiger charge is 2.15. The molecule has 0 aliphatic rings. The number of benzene rings is 1. The zero-order valence-corrected chi connectivity index (χ0v) is 11.3. The van der Waals surface area contributed by atoms with Crippen molar-refractivity contribution in [2.45, 2.75) is 11.9 Å². The lowest BCUT2D eigenvalue weighted by Gasteiger charge is -2.07. The minimum atomic E-state index is -3.54. The SMILES string of the molecule is Cc1ncc(S(=O)(=O)NCCOc2ccccc2)[nH]1. The molecule has 0 radical (unpaired) electrons. The Hall–Kier alpha value is -1.86. The number of imidazole rings is 1. The van der Waals surface area contributed by atoms with E-state index in [1.54, 1.807) is 6.92 Å². The summed E-state index contributed by atoms with van der Waals surface area (Å²) in [6.07, 6.45) is 1.29. The van der Waals surface area contributed by atoms with E-state index < -0.39 is 10.0 Å². The third kappa shape index (κ3) is 3.80. The Balaban J connectivity index is 1.83. The average molecular weight is 281 g/mol. The summed E-state index contributed by atoms with van der Waals surface area (Å²) in [6, 6.07) is 9.22. The lowest BCUT2D eigenvalue weighted by Crippen LogP contribution is -2.28. The van der Waals surface area contributed by atoms with E-state index in [0.717, 1.165) is 0 Å². The topological polar surface area (TPSA) is 84.1 Å². The van der Waals surface area contributed by atoms with Gasteiger partial charge in [-0.3, -0.25) is 0 Å². The smallest absolute Gasteiger partial charge is 0.257 e. The van der Waals surface area contributed by atoms with Crippen LogP contribution in [0.1, 0.15) is 5.82 Å². The molecule has 1 aromatic carbocycles. The monoisotopic (exact) mass is 281 g/mol. The Kier molecular flexibility index (Phi) is 4.18. The maximum absolute atomic E-state index is 11.8. The van der Waals surface area contributed by atoms with Gasteiger partial charge in [0.2, 0.25) is 0 Å². The van der Waals surface area contributed by atoms with Crippen LogP contribution in [-0.4, -0.2) is 31.5 Å². The van der Waals surface area contributed by atoms with Crippen LogP contribution in [0.15, 0.2) is 41.6 Å². The second kappa shape index (κ2) is 5.85. The standard InChI is InChI=1S/C12H15N3O3S/c1-10-13-9-12(15-10)19(16,17)14-7-8-18-11-5-3-2-4-6-11/h2-6,9,14H,7-8H2,1H3,(H,13,15). The van der Waals surface area contributed by atoms with Gasteiger partial charge in [-0.15, -0.1) is 0 Å². The van der Waals surface area contributed by atoms with Crippen molar-refractivity contribution in [3.8, 4) is 5.75 Å². The molecule has 0 fully saturated rings. The molecule has 2 N–H and O–H groups in total. The van der Waals surface area contributed by atoms with Gasteiger partial charge in [0.15, 0.2) is 5.03 Å². The van der Waals surface area contributed by atoms with Gasteiger partial charge < -0.3 is 9.72 Å². The fourth-order valence-corrected chi connectivity index (χ4v) is 2.46. The molecule has 19 heavy (non-hydrogen) atoms. The molecule has 0 aliphatic carbocycles. The molecule has 102 valence electrons. The minimum absolute atomic E-state index is 0.0599. The van der Waals surface area contributed by atoms with Gasteiger partial charge in [-0.25, -0.2) is 18.1 Å². The van der Waals surface area contributed by atoms with Crippen LogP contribution in [0, 0.1) is 6.92 Å². The molecule has 1 heterocycles. The molecule has 0 spiro atoms. The molecule has 0 amide bonds. The zero-order chi connectivity index (χ0) is 13.7. The lowest BCUT2D eigenvalue weighted by molar-refractivity contribution is 0.323. The number of aromatic nitrogens is 2.